The molecule has 4 aromatic rings. The van der Waals surface area contributed by atoms with Crippen molar-refractivity contribution in [2.45, 2.75) is 57.0 Å². The van der Waals surface area contributed by atoms with Gasteiger partial charge in [-0.15, -0.1) is 13.2 Å². The first-order valence-electron chi connectivity index (χ1n) is 17.6. The van der Waals surface area contributed by atoms with Crippen LogP contribution < -0.4 is 30.2 Å². The smallest absolute Gasteiger partial charge is 0.496 e. The molecule has 3 unspecified atom stereocenters. The maximum absolute atomic E-state index is 12.9. The lowest BCUT2D eigenvalue weighted by Crippen LogP contribution is -2.55. The molecule has 3 saturated heterocycles. The van der Waals surface area contributed by atoms with E-state index in [4.69, 9.17) is 9.47 Å². The SMILES string of the molecule is COc1cccc(OC)c1CN1CC2CC1CN2Cc1ccc2c(c1)c(-c1ccc(OC(F)(F)F)cc1)cn2CCCNC(=O)C1CNCCN1. The molecule has 13 heteroatoms. The quantitative estimate of drug-likeness (QED) is 0.172. The zero-order valence-electron chi connectivity index (χ0n) is 29.0. The summed E-state index contributed by atoms with van der Waals surface area (Å²) in [6, 6.07) is 19.1. The zero-order valence-corrected chi connectivity index (χ0v) is 29.0. The summed E-state index contributed by atoms with van der Waals surface area (Å²) in [7, 11) is 3.39. The van der Waals surface area contributed by atoms with E-state index in [1.165, 1.54) is 17.7 Å². The molecule has 0 spiro atoms. The fourth-order valence-corrected chi connectivity index (χ4v) is 7.86. The first-order chi connectivity index (χ1) is 24.7. The van der Waals surface area contributed by atoms with Crippen LogP contribution in [0.5, 0.6) is 17.2 Å². The third-order valence-electron chi connectivity index (χ3n) is 10.3. The minimum atomic E-state index is -4.75. The lowest BCUT2D eigenvalue weighted by molar-refractivity contribution is -0.274. The number of hydrogen-bond acceptors (Lipinski definition) is 8. The Balaban J connectivity index is 1.06. The van der Waals surface area contributed by atoms with E-state index in [-0.39, 0.29) is 17.7 Å². The van der Waals surface area contributed by atoms with Crippen molar-refractivity contribution >= 4 is 16.8 Å². The maximum Gasteiger partial charge on any atom is 0.573 e. The highest BCUT2D eigenvalue weighted by Gasteiger charge is 2.43. The minimum absolute atomic E-state index is 0.00989. The number of benzene rings is 3. The van der Waals surface area contributed by atoms with Crippen molar-refractivity contribution in [1.29, 1.82) is 0 Å². The fraction of sp³-hybridized carbons (Fsp3) is 0.447. The molecule has 272 valence electrons. The lowest BCUT2D eigenvalue weighted by atomic mass is 10.0. The number of aromatic nitrogens is 1. The molecule has 0 radical (unpaired) electrons. The van der Waals surface area contributed by atoms with Crippen molar-refractivity contribution in [3.63, 3.8) is 0 Å². The molecule has 3 fully saturated rings. The van der Waals surface area contributed by atoms with Gasteiger partial charge in [0.05, 0.1) is 25.8 Å². The van der Waals surface area contributed by atoms with Crippen LogP contribution in [0, 0.1) is 0 Å². The average molecular weight is 707 g/mol. The van der Waals surface area contributed by atoms with Gasteiger partial charge >= 0.3 is 6.36 Å². The summed E-state index contributed by atoms with van der Waals surface area (Å²) in [6.07, 6.45) is -0.857. The molecule has 2 bridgehead atoms. The first kappa shape index (κ1) is 35.1. The van der Waals surface area contributed by atoms with Crippen molar-refractivity contribution in [2.24, 2.45) is 0 Å². The summed E-state index contributed by atoms with van der Waals surface area (Å²) in [5.41, 5.74) is 5.03. The standard InChI is InChI=1S/C38H45F3N6O4/c1-49-35-5-3-6-36(50-2)32(35)24-47-22-27-18-28(47)21-46(27)20-25-7-12-34-30(17-25)31(26-8-10-29(11-9-26)51-38(39,40)41)23-45(34)16-4-13-44-37(48)33-19-42-14-15-43-33/h3,5-12,17,23,27-28,33,42-43H,4,13-16,18-22,24H2,1-2H3,(H,44,48). The number of likely N-dealkylation sites (tertiary alicyclic amines) is 2. The number of methoxy groups -OCH3 is 2. The third-order valence-corrected chi connectivity index (χ3v) is 10.3. The summed E-state index contributed by atoms with van der Waals surface area (Å²) in [5, 5.41) is 10.5. The van der Waals surface area contributed by atoms with E-state index in [0.29, 0.717) is 31.7 Å². The maximum atomic E-state index is 12.9. The average Bonchev–Trinajstić information content (AvgIpc) is 3.83. The Morgan fingerprint density at radius 1 is 0.941 bits per heavy atom. The van der Waals surface area contributed by atoms with E-state index in [9.17, 15) is 18.0 Å². The van der Waals surface area contributed by atoms with Gasteiger partial charge in [-0.25, -0.2) is 0 Å². The topological polar surface area (TPSA) is 92.3 Å². The highest BCUT2D eigenvalue weighted by molar-refractivity contribution is 5.96. The Kier molecular flexibility index (Phi) is 10.4. The summed E-state index contributed by atoms with van der Waals surface area (Å²) < 4.78 is 56.2. The minimum Gasteiger partial charge on any atom is -0.496 e. The van der Waals surface area contributed by atoms with Crippen LogP contribution in [0.15, 0.2) is 66.9 Å². The van der Waals surface area contributed by atoms with E-state index in [2.05, 4.69) is 59.5 Å². The Morgan fingerprint density at radius 2 is 1.67 bits per heavy atom. The van der Waals surface area contributed by atoms with Gasteiger partial charge in [0.25, 0.3) is 0 Å². The van der Waals surface area contributed by atoms with E-state index in [1.54, 1.807) is 26.4 Å². The van der Waals surface area contributed by atoms with Crippen LogP contribution >= 0.6 is 0 Å². The van der Waals surface area contributed by atoms with Gasteiger partial charge in [-0.3, -0.25) is 14.6 Å². The zero-order chi connectivity index (χ0) is 35.5. The fourth-order valence-electron chi connectivity index (χ4n) is 7.86. The molecule has 7 rings (SSSR count). The van der Waals surface area contributed by atoms with E-state index in [0.717, 1.165) is 91.2 Å². The molecule has 51 heavy (non-hydrogen) atoms. The molecule has 3 aliphatic heterocycles. The molecule has 3 atom stereocenters. The van der Waals surface area contributed by atoms with Crippen molar-refractivity contribution in [1.82, 2.24) is 30.3 Å². The number of halogens is 3. The molecule has 0 aliphatic carbocycles. The Bertz CT molecular complexity index is 1800. The number of amides is 1. The van der Waals surface area contributed by atoms with Gasteiger partial charge in [0.1, 0.15) is 17.2 Å². The highest BCUT2D eigenvalue weighted by Crippen LogP contribution is 2.38. The van der Waals surface area contributed by atoms with Crippen LogP contribution in [-0.2, 0) is 24.4 Å². The summed E-state index contributed by atoms with van der Waals surface area (Å²) in [6.45, 7) is 6.94. The number of piperazine rings is 2. The van der Waals surface area contributed by atoms with Crippen LogP contribution in [0.25, 0.3) is 22.0 Å². The normalized spacial score (nSPS) is 20.9. The number of fused-ring (bicyclic) bond motifs is 3. The van der Waals surface area contributed by atoms with E-state index < -0.39 is 6.36 Å². The monoisotopic (exact) mass is 706 g/mol. The Hall–Kier alpha value is -4.30. The van der Waals surface area contributed by atoms with Gasteiger partial charge in [-0.2, -0.15) is 0 Å². The number of carbonyl (C=O) groups excluding carboxylic acids is 1. The molecule has 0 saturated carbocycles. The molecule has 4 heterocycles. The molecular weight excluding hydrogens is 661 g/mol. The number of nitrogens with one attached hydrogen (secondary N) is 3. The van der Waals surface area contributed by atoms with Gasteiger partial charge in [0, 0.05) is 93.6 Å². The van der Waals surface area contributed by atoms with Crippen molar-refractivity contribution in [3.05, 3.63) is 78.0 Å². The lowest BCUT2D eigenvalue weighted by Gasteiger charge is -2.34. The molecule has 1 amide bonds. The van der Waals surface area contributed by atoms with Crippen LogP contribution in [0.2, 0.25) is 0 Å². The molecule has 1 aromatic heterocycles. The molecular formula is C38H45F3N6O4. The number of aryl methyl sites for hydroxylation is 1. The predicted molar refractivity (Wildman–Crippen MR) is 189 cm³/mol. The summed E-state index contributed by atoms with van der Waals surface area (Å²) >= 11 is 0. The molecule has 3 aromatic carbocycles. The number of hydrogen-bond donors (Lipinski definition) is 3. The number of nitrogens with zero attached hydrogens (tertiary/aromatic N) is 3. The number of alkyl halides is 3. The van der Waals surface area contributed by atoms with Gasteiger partial charge in [-0.1, -0.05) is 24.3 Å². The first-order valence-corrected chi connectivity index (χ1v) is 17.6. The van der Waals surface area contributed by atoms with Crippen molar-refractivity contribution < 1.29 is 32.2 Å². The van der Waals surface area contributed by atoms with Gasteiger partial charge in [0.15, 0.2) is 0 Å². The largest absolute Gasteiger partial charge is 0.573 e. The second-order valence-corrected chi connectivity index (χ2v) is 13.6. The van der Waals surface area contributed by atoms with Crippen LogP contribution in [0.1, 0.15) is 24.0 Å². The van der Waals surface area contributed by atoms with Crippen molar-refractivity contribution in [2.75, 3.05) is 53.5 Å². The molecule has 3 aliphatic rings. The Morgan fingerprint density at radius 3 is 2.31 bits per heavy atom. The second kappa shape index (κ2) is 15.1. The molecule has 10 nitrogen and oxygen atoms in total. The summed E-state index contributed by atoms with van der Waals surface area (Å²) in [5.74, 6) is 1.42. The van der Waals surface area contributed by atoms with Crippen LogP contribution in [-0.4, -0.2) is 98.3 Å². The Labute approximate surface area is 295 Å². The van der Waals surface area contributed by atoms with Crippen LogP contribution in [0.3, 0.4) is 0 Å². The number of carbonyl (C=O) groups is 1. The van der Waals surface area contributed by atoms with Gasteiger partial charge in [0.2, 0.25) is 5.91 Å². The van der Waals surface area contributed by atoms with E-state index in [1.807, 2.05) is 18.2 Å². The van der Waals surface area contributed by atoms with Crippen LogP contribution in [0.4, 0.5) is 13.2 Å². The predicted octanol–water partition coefficient (Wildman–Crippen LogP) is 4.75. The third kappa shape index (κ3) is 7.96. The van der Waals surface area contributed by atoms with Gasteiger partial charge in [-0.05, 0) is 60.4 Å². The number of rotatable bonds is 13. The van der Waals surface area contributed by atoms with Crippen molar-refractivity contribution in [3.8, 4) is 28.4 Å². The molecule has 3 N–H and O–H groups in total. The van der Waals surface area contributed by atoms with E-state index >= 15 is 0 Å². The number of ether oxygens (including phenoxy) is 3. The second-order valence-electron chi connectivity index (χ2n) is 13.6. The highest BCUT2D eigenvalue weighted by atomic mass is 19.4. The summed E-state index contributed by atoms with van der Waals surface area (Å²) in [4.78, 5) is 17.7. The van der Waals surface area contributed by atoms with Gasteiger partial charge < -0.3 is 34.7 Å².